The Bertz CT molecular complexity index is 435. The average Bonchev–Trinajstić information content (AvgIpc) is 2.12. The zero-order valence-corrected chi connectivity index (χ0v) is 11.9. The van der Waals surface area contributed by atoms with Crippen LogP contribution in [0.25, 0.3) is 0 Å². The molecule has 1 rings (SSSR count). The summed E-state index contributed by atoms with van der Waals surface area (Å²) >= 11 is 0. The fraction of sp³-hybridized carbons (Fsp3) is 0.727. The smallest absolute Gasteiger partial charge is 0.412 e. The van der Waals surface area contributed by atoms with Crippen molar-refractivity contribution in [3.8, 4) is 0 Å². The summed E-state index contributed by atoms with van der Waals surface area (Å²) in [5.74, 6) is 0. The molecule has 1 aliphatic heterocycles. The lowest BCUT2D eigenvalue weighted by molar-refractivity contribution is -0.0152. The fourth-order valence-electron chi connectivity index (χ4n) is 1.45. The summed E-state index contributed by atoms with van der Waals surface area (Å²) < 4.78 is 32.3. The molecular formula is C11H19NO5S. The molecule has 0 saturated carbocycles. The molecule has 0 aromatic rings. The zero-order valence-electron chi connectivity index (χ0n) is 11.0. The third-order valence-corrected chi connectivity index (χ3v) is 2.64. The molecule has 18 heavy (non-hydrogen) atoms. The minimum absolute atomic E-state index is 0.273. The third kappa shape index (κ3) is 5.05. The van der Waals surface area contributed by atoms with Crippen LogP contribution in [0.5, 0.6) is 0 Å². The standard InChI is InChI=1S/C11H19NO5S/c1-11(2,3)16-10(13)12-8-6-5-7-9(12)17-18(4,14)15/h5-6,9H,7-8H2,1-4H3. The van der Waals surface area contributed by atoms with Crippen LogP contribution in [0.15, 0.2) is 12.2 Å². The van der Waals surface area contributed by atoms with Crippen LogP contribution in [0.1, 0.15) is 27.2 Å². The van der Waals surface area contributed by atoms with Crippen molar-refractivity contribution in [2.45, 2.75) is 39.0 Å². The summed E-state index contributed by atoms with van der Waals surface area (Å²) in [4.78, 5) is 13.2. The lowest BCUT2D eigenvalue weighted by Crippen LogP contribution is -2.46. The Balaban J connectivity index is 2.78. The average molecular weight is 277 g/mol. The van der Waals surface area contributed by atoms with Gasteiger partial charge in [0.1, 0.15) is 5.60 Å². The normalized spacial score (nSPS) is 20.9. The van der Waals surface area contributed by atoms with E-state index in [9.17, 15) is 13.2 Å². The van der Waals surface area contributed by atoms with Crippen LogP contribution >= 0.6 is 0 Å². The first-order valence-electron chi connectivity index (χ1n) is 5.61. The van der Waals surface area contributed by atoms with Crippen molar-refractivity contribution in [2.24, 2.45) is 0 Å². The van der Waals surface area contributed by atoms with Crippen molar-refractivity contribution in [1.82, 2.24) is 4.90 Å². The van der Waals surface area contributed by atoms with E-state index in [0.29, 0.717) is 6.42 Å². The Kier molecular flexibility index (Phi) is 4.39. The summed E-state index contributed by atoms with van der Waals surface area (Å²) in [5.41, 5.74) is -0.631. The summed E-state index contributed by atoms with van der Waals surface area (Å²) in [5, 5.41) is 0. The first-order chi connectivity index (χ1) is 8.08. The van der Waals surface area contributed by atoms with Gasteiger partial charge in [-0.05, 0) is 20.8 Å². The molecule has 0 spiro atoms. The molecule has 6 nitrogen and oxygen atoms in total. The van der Waals surface area contributed by atoms with Gasteiger partial charge in [-0.15, -0.1) is 0 Å². The summed E-state index contributed by atoms with van der Waals surface area (Å²) in [6.45, 7) is 5.51. The number of nitrogens with zero attached hydrogens (tertiary/aromatic N) is 1. The highest BCUT2D eigenvalue weighted by atomic mass is 32.2. The van der Waals surface area contributed by atoms with Crippen LogP contribution in [0.2, 0.25) is 0 Å². The quantitative estimate of drug-likeness (QED) is 0.564. The Morgan fingerprint density at radius 2 is 1.94 bits per heavy atom. The molecule has 0 radical (unpaired) electrons. The van der Waals surface area contributed by atoms with Gasteiger partial charge < -0.3 is 4.74 Å². The molecule has 7 heteroatoms. The fourth-order valence-corrected chi connectivity index (χ4v) is 2.04. The van der Waals surface area contributed by atoms with Gasteiger partial charge in [0.25, 0.3) is 10.1 Å². The predicted octanol–water partition coefficient (Wildman–Crippen LogP) is 1.49. The highest BCUT2D eigenvalue weighted by Gasteiger charge is 2.31. The predicted molar refractivity (Wildman–Crippen MR) is 66.4 cm³/mol. The SMILES string of the molecule is CC(C)(C)OC(=O)N1CC=CCC1OS(C)(=O)=O. The van der Waals surface area contributed by atoms with Crippen LogP contribution in [0, 0.1) is 0 Å². The van der Waals surface area contributed by atoms with Crippen LogP contribution in [0.3, 0.4) is 0 Å². The van der Waals surface area contributed by atoms with Gasteiger partial charge in [0, 0.05) is 13.0 Å². The van der Waals surface area contributed by atoms with Crippen molar-refractivity contribution in [2.75, 3.05) is 12.8 Å². The van der Waals surface area contributed by atoms with Gasteiger partial charge in [0.05, 0.1) is 6.26 Å². The summed E-state index contributed by atoms with van der Waals surface area (Å²) in [6.07, 6.45) is 3.41. The van der Waals surface area contributed by atoms with E-state index in [1.165, 1.54) is 4.90 Å². The molecule has 0 aliphatic carbocycles. The number of carbonyl (C=O) groups excluding carboxylic acids is 1. The van der Waals surface area contributed by atoms with E-state index >= 15 is 0 Å². The van der Waals surface area contributed by atoms with E-state index in [1.54, 1.807) is 32.9 Å². The minimum atomic E-state index is -3.62. The van der Waals surface area contributed by atoms with Crippen LogP contribution in [-0.4, -0.2) is 44.0 Å². The first kappa shape index (κ1) is 15.0. The molecule has 1 aliphatic rings. The number of rotatable bonds is 2. The molecule has 1 unspecified atom stereocenters. The maximum atomic E-state index is 11.9. The van der Waals surface area contributed by atoms with E-state index in [4.69, 9.17) is 8.92 Å². The topological polar surface area (TPSA) is 72.9 Å². The molecule has 0 bridgehead atoms. The second kappa shape index (κ2) is 5.27. The summed E-state index contributed by atoms with van der Waals surface area (Å²) in [7, 11) is -3.62. The highest BCUT2D eigenvalue weighted by Crippen LogP contribution is 2.18. The Hall–Kier alpha value is -1.08. The molecular weight excluding hydrogens is 258 g/mol. The molecule has 0 fully saturated rings. The van der Waals surface area contributed by atoms with Crippen LogP contribution in [0.4, 0.5) is 4.79 Å². The van der Waals surface area contributed by atoms with Crippen LogP contribution in [-0.2, 0) is 19.0 Å². The molecule has 1 heterocycles. The van der Waals surface area contributed by atoms with Crippen molar-refractivity contribution in [3.05, 3.63) is 12.2 Å². The number of carbonyl (C=O) groups is 1. The monoisotopic (exact) mass is 277 g/mol. The van der Waals surface area contributed by atoms with Crippen molar-refractivity contribution >= 4 is 16.2 Å². The third-order valence-electron chi connectivity index (χ3n) is 2.07. The molecule has 1 atom stereocenters. The Labute approximate surface area is 108 Å². The van der Waals surface area contributed by atoms with Gasteiger partial charge in [0.2, 0.25) is 0 Å². The first-order valence-corrected chi connectivity index (χ1v) is 7.43. The van der Waals surface area contributed by atoms with E-state index < -0.39 is 28.0 Å². The number of amides is 1. The minimum Gasteiger partial charge on any atom is -0.444 e. The van der Waals surface area contributed by atoms with Gasteiger partial charge in [0.15, 0.2) is 6.23 Å². The highest BCUT2D eigenvalue weighted by molar-refractivity contribution is 7.86. The van der Waals surface area contributed by atoms with E-state index in [2.05, 4.69) is 0 Å². The number of ether oxygens (including phenoxy) is 1. The second-order valence-corrected chi connectivity index (χ2v) is 6.70. The lowest BCUT2D eigenvalue weighted by Gasteiger charge is -2.33. The Morgan fingerprint density at radius 1 is 1.33 bits per heavy atom. The van der Waals surface area contributed by atoms with E-state index in [0.717, 1.165) is 6.26 Å². The van der Waals surface area contributed by atoms with Crippen molar-refractivity contribution < 1.29 is 22.1 Å². The van der Waals surface area contributed by atoms with E-state index in [1.807, 2.05) is 0 Å². The maximum absolute atomic E-state index is 11.9. The van der Waals surface area contributed by atoms with Crippen molar-refractivity contribution in [3.63, 3.8) is 0 Å². The lowest BCUT2D eigenvalue weighted by atomic mass is 10.2. The van der Waals surface area contributed by atoms with Gasteiger partial charge in [-0.1, -0.05) is 12.2 Å². The molecule has 0 aromatic heterocycles. The molecule has 0 N–H and O–H groups in total. The van der Waals surface area contributed by atoms with Gasteiger partial charge >= 0.3 is 6.09 Å². The summed E-state index contributed by atoms with van der Waals surface area (Å²) in [6, 6.07) is 0. The molecule has 1 amide bonds. The van der Waals surface area contributed by atoms with Gasteiger partial charge in [-0.2, -0.15) is 8.42 Å². The molecule has 0 saturated heterocycles. The van der Waals surface area contributed by atoms with Crippen molar-refractivity contribution in [1.29, 1.82) is 0 Å². The number of hydrogen-bond donors (Lipinski definition) is 0. The largest absolute Gasteiger partial charge is 0.444 e. The zero-order chi connectivity index (χ0) is 14.0. The van der Waals surface area contributed by atoms with Gasteiger partial charge in [-0.3, -0.25) is 4.90 Å². The van der Waals surface area contributed by atoms with Crippen LogP contribution < -0.4 is 0 Å². The second-order valence-electron chi connectivity index (χ2n) is 5.09. The maximum Gasteiger partial charge on any atom is 0.412 e. The number of hydrogen-bond acceptors (Lipinski definition) is 5. The molecule has 0 aromatic carbocycles. The molecule has 104 valence electrons. The van der Waals surface area contributed by atoms with E-state index in [-0.39, 0.29) is 6.54 Å². The Morgan fingerprint density at radius 3 is 2.44 bits per heavy atom. The van der Waals surface area contributed by atoms with Gasteiger partial charge in [-0.25, -0.2) is 8.98 Å².